The molecule has 3 rings (SSSR count). The van der Waals surface area contributed by atoms with Gasteiger partial charge in [0.1, 0.15) is 17.7 Å². The van der Waals surface area contributed by atoms with Gasteiger partial charge in [-0.15, -0.1) is 0 Å². The number of hydrogen-bond donors (Lipinski definition) is 1. The minimum Gasteiger partial charge on any atom is -0.346 e. The van der Waals surface area contributed by atoms with Crippen molar-refractivity contribution in [2.75, 3.05) is 10.2 Å². The number of fused-ring (bicyclic) bond motifs is 3. The molecule has 3 heterocycles. The second kappa shape index (κ2) is 3.07. The van der Waals surface area contributed by atoms with Gasteiger partial charge in [0, 0.05) is 14.1 Å². The maximum atomic E-state index is 12.3. The van der Waals surface area contributed by atoms with Gasteiger partial charge in [0.25, 0.3) is 5.56 Å². The van der Waals surface area contributed by atoms with E-state index in [1.54, 1.807) is 7.05 Å². The lowest BCUT2D eigenvalue weighted by molar-refractivity contribution is 0.581. The molecule has 6 heteroatoms. The van der Waals surface area contributed by atoms with Crippen molar-refractivity contribution in [3.63, 3.8) is 0 Å². The molecule has 1 aromatic rings. The van der Waals surface area contributed by atoms with Gasteiger partial charge in [-0.3, -0.25) is 13.9 Å². The molecular formula is C12H16N4O2. The van der Waals surface area contributed by atoms with E-state index in [9.17, 15) is 9.59 Å². The molecule has 0 fully saturated rings. The van der Waals surface area contributed by atoms with Gasteiger partial charge in [-0.05, 0) is 19.9 Å². The van der Waals surface area contributed by atoms with Gasteiger partial charge in [0.05, 0.1) is 5.54 Å². The first-order valence-electron chi connectivity index (χ1n) is 5.90. The second-order valence-corrected chi connectivity index (χ2v) is 5.37. The van der Waals surface area contributed by atoms with Crippen LogP contribution in [-0.4, -0.2) is 20.8 Å². The summed E-state index contributed by atoms with van der Waals surface area (Å²) < 4.78 is 2.64. The Morgan fingerprint density at radius 3 is 2.56 bits per heavy atom. The van der Waals surface area contributed by atoms with Crippen molar-refractivity contribution in [1.29, 1.82) is 0 Å². The SMILES string of the molecule is Cn1c2c(c(=O)n(C)c1=O)N1C(C=CC1(C)C)N2. The summed E-state index contributed by atoms with van der Waals surface area (Å²) in [4.78, 5) is 26.2. The van der Waals surface area contributed by atoms with E-state index < -0.39 is 0 Å². The number of aromatic nitrogens is 2. The Balaban J connectivity index is 2.36. The Bertz CT molecular complexity index is 681. The Morgan fingerprint density at radius 2 is 1.89 bits per heavy atom. The van der Waals surface area contributed by atoms with Crippen LogP contribution in [0, 0.1) is 0 Å². The Morgan fingerprint density at radius 1 is 1.22 bits per heavy atom. The molecule has 0 saturated heterocycles. The van der Waals surface area contributed by atoms with Crippen molar-refractivity contribution in [1.82, 2.24) is 9.13 Å². The number of rotatable bonds is 0. The zero-order valence-corrected chi connectivity index (χ0v) is 10.9. The Labute approximate surface area is 104 Å². The molecule has 0 aromatic carbocycles. The van der Waals surface area contributed by atoms with Crippen molar-refractivity contribution < 1.29 is 0 Å². The first-order valence-corrected chi connectivity index (χ1v) is 5.90. The summed E-state index contributed by atoms with van der Waals surface area (Å²) >= 11 is 0. The van der Waals surface area contributed by atoms with Crippen LogP contribution < -0.4 is 21.5 Å². The van der Waals surface area contributed by atoms with Crippen LogP contribution in [0.15, 0.2) is 21.7 Å². The van der Waals surface area contributed by atoms with Crippen molar-refractivity contribution in [2.45, 2.75) is 25.6 Å². The van der Waals surface area contributed by atoms with E-state index in [1.807, 2.05) is 24.8 Å². The first-order chi connectivity index (χ1) is 8.34. The molecule has 96 valence electrons. The summed E-state index contributed by atoms with van der Waals surface area (Å²) in [5.41, 5.74) is -0.222. The number of nitrogens with zero attached hydrogens (tertiary/aromatic N) is 3. The van der Waals surface area contributed by atoms with Crippen LogP contribution in [0.25, 0.3) is 0 Å². The molecule has 0 radical (unpaired) electrons. The molecule has 0 bridgehead atoms. The maximum Gasteiger partial charge on any atom is 0.332 e. The molecule has 2 aliphatic heterocycles. The minimum atomic E-state index is -0.311. The highest BCUT2D eigenvalue weighted by Crippen LogP contribution is 2.40. The lowest BCUT2D eigenvalue weighted by Crippen LogP contribution is -2.46. The average Bonchev–Trinajstić information content (AvgIpc) is 2.83. The lowest BCUT2D eigenvalue weighted by atomic mass is 10.1. The maximum absolute atomic E-state index is 12.3. The molecule has 1 atom stereocenters. The third kappa shape index (κ3) is 1.12. The first kappa shape index (κ1) is 11.1. The van der Waals surface area contributed by atoms with E-state index in [4.69, 9.17) is 0 Å². The molecule has 1 aromatic heterocycles. The number of anilines is 2. The molecule has 0 aliphatic carbocycles. The van der Waals surface area contributed by atoms with Gasteiger partial charge >= 0.3 is 5.69 Å². The van der Waals surface area contributed by atoms with E-state index in [1.165, 1.54) is 11.6 Å². The van der Waals surface area contributed by atoms with E-state index >= 15 is 0 Å². The van der Waals surface area contributed by atoms with Gasteiger partial charge in [-0.1, -0.05) is 6.08 Å². The van der Waals surface area contributed by atoms with Crippen molar-refractivity contribution >= 4 is 11.5 Å². The summed E-state index contributed by atoms with van der Waals surface area (Å²) in [5, 5.41) is 3.22. The van der Waals surface area contributed by atoms with Gasteiger partial charge in [-0.25, -0.2) is 4.79 Å². The smallest absolute Gasteiger partial charge is 0.332 e. The molecule has 0 spiro atoms. The van der Waals surface area contributed by atoms with Crippen LogP contribution in [0.3, 0.4) is 0 Å². The fourth-order valence-corrected chi connectivity index (χ4v) is 2.74. The lowest BCUT2D eigenvalue weighted by Gasteiger charge is -2.32. The highest BCUT2D eigenvalue weighted by atomic mass is 16.2. The number of nitrogens with one attached hydrogen (secondary N) is 1. The van der Waals surface area contributed by atoms with E-state index in [-0.39, 0.29) is 23.0 Å². The molecule has 1 N–H and O–H groups in total. The zero-order chi connectivity index (χ0) is 13.2. The van der Waals surface area contributed by atoms with E-state index in [0.717, 1.165) is 4.57 Å². The van der Waals surface area contributed by atoms with Crippen molar-refractivity contribution in [3.8, 4) is 0 Å². The largest absolute Gasteiger partial charge is 0.346 e. The van der Waals surface area contributed by atoms with E-state index in [0.29, 0.717) is 11.5 Å². The van der Waals surface area contributed by atoms with E-state index in [2.05, 4.69) is 11.4 Å². The predicted molar refractivity (Wildman–Crippen MR) is 70.0 cm³/mol. The minimum absolute atomic E-state index is 0.0456. The second-order valence-electron chi connectivity index (χ2n) is 5.37. The predicted octanol–water partition coefficient (Wildman–Crippen LogP) is -0.00960. The summed E-state index contributed by atoms with van der Waals surface area (Å²) in [6, 6.07) is 0. The van der Waals surface area contributed by atoms with Crippen LogP contribution in [0.4, 0.5) is 11.5 Å². The topological polar surface area (TPSA) is 59.3 Å². The molecule has 0 saturated carbocycles. The molecule has 18 heavy (non-hydrogen) atoms. The highest BCUT2D eigenvalue weighted by molar-refractivity contribution is 5.76. The van der Waals surface area contributed by atoms with Crippen LogP contribution in [0.1, 0.15) is 13.8 Å². The highest BCUT2D eigenvalue weighted by Gasteiger charge is 2.43. The fourth-order valence-electron chi connectivity index (χ4n) is 2.74. The fraction of sp³-hybridized carbons (Fsp3) is 0.500. The van der Waals surface area contributed by atoms with Crippen molar-refractivity contribution in [2.24, 2.45) is 14.1 Å². The van der Waals surface area contributed by atoms with Crippen LogP contribution in [0.5, 0.6) is 0 Å². The Kier molecular flexibility index (Phi) is 1.90. The monoisotopic (exact) mass is 248 g/mol. The summed E-state index contributed by atoms with van der Waals surface area (Å²) in [7, 11) is 3.18. The normalized spacial score (nSPS) is 22.9. The van der Waals surface area contributed by atoms with Gasteiger partial charge in [-0.2, -0.15) is 0 Å². The summed E-state index contributed by atoms with van der Waals surface area (Å²) in [5.74, 6) is 0.602. The van der Waals surface area contributed by atoms with Crippen LogP contribution in [-0.2, 0) is 14.1 Å². The number of hydrogen-bond acceptors (Lipinski definition) is 4. The standard InChI is InChI=1S/C12H16N4O2/c1-12(2)6-5-7-13-9-8(16(7)12)10(17)15(4)11(18)14(9)3/h5-7,13H,1-4H3. The van der Waals surface area contributed by atoms with Crippen molar-refractivity contribution in [3.05, 3.63) is 33.0 Å². The Hall–Kier alpha value is -1.98. The summed E-state index contributed by atoms with van der Waals surface area (Å²) in [6.07, 6.45) is 4.04. The molecule has 2 aliphatic rings. The van der Waals surface area contributed by atoms with Crippen LogP contribution >= 0.6 is 0 Å². The van der Waals surface area contributed by atoms with Gasteiger partial charge in [0.2, 0.25) is 0 Å². The molecular weight excluding hydrogens is 232 g/mol. The third-order valence-electron chi connectivity index (χ3n) is 3.75. The van der Waals surface area contributed by atoms with Gasteiger partial charge < -0.3 is 10.2 Å². The van der Waals surface area contributed by atoms with Gasteiger partial charge in [0.15, 0.2) is 0 Å². The molecule has 0 amide bonds. The van der Waals surface area contributed by atoms with Crippen LogP contribution in [0.2, 0.25) is 0 Å². The zero-order valence-electron chi connectivity index (χ0n) is 10.9. The molecule has 6 nitrogen and oxygen atoms in total. The quantitative estimate of drug-likeness (QED) is 0.656. The summed E-state index contributed by atoms with van der Waals surface area (Å²) in [6.45, 7) is 4.09. The third-order valence-corrected chi connectivity index (χ3v) is 3.75. The molecule has 1 unspecified atom stereocenters. The average molecular weight is 248 g/mol.